The maximum absolute atomic E-state index is 6.00. The fourth-order valence-corrected chi connectivity index (χ4v) is 2.30. The Labute approximate surface area is 140 Å². The van der Waals surface area contributed by atoms with E-state index in [4.69, 9.17) is 33.3 Å². The van der Waals surface area contributed by atoms with Crippen LogP contribution in [0.15, 0.2) is 36.4 Å². The Hall–Kier alpha value is -1.98. The molecule has 0 radical (unpaired) electrons. The van der Waals surface area contributed by atoms with Gasteiger partial charge in [-0.05, 0) is 49.0 Å². The molecule has 0 aromatic heterocycles. The van der Waals surface area contributed by atoms with Crippen molar-refractivity contribution < 1.29 is 9.47 Å². The van der Waals surface area contributed by atoms with Crippen LogP contribution in [-0.2, 0) is 0 Å². The maximum Gasteiger partial charge on any atom is 0.175 e. The third kappa shape index (κ3) is 4.02. The van der Waals surface area contributed by atoms with Crippen molar-refractivity contribution >= 4 is 40.3 Å². The number of rotatable bonds is 4. The highest BCUT2D eigenvalue weighted by molar-refractivity contribution is 7.80. The van der Waals surface area contributed by atoms with Crippen molar-refractivity contribution in [2.45, 2.75) is 6.92 Å². The largest absolute Gasteiger partial charge is 0.497 e. The fraction of sp³-hybridized carbons (Fsp3) is 0.188. The molecule has 0 bridgehead atoms. The van der Waals surface area contributed by atoms with Crippen LogP contribution in [-0.4, -0.2) is 19.3 Å². The van der Waals surface area contributed by atoms with E-state index in [0.717, 1.165) is 16.9 Å². The number of aryl methyl sites for hydroxylation is 1. The first-order chi connectivity index (χ1) is 10.5. The van der Waals surface area contributed by atoms with Crippen LogP contribution < -0.4 is 20.1 Å². The molecule has 0 aliphatic rings. The summed E-state index contributed by atoms with van der Waals surface area (Å²) >= 11 is 11.3. The second-order valence-corrected chi connectivity index (χ2v) is 5.45. The van der Waals surface area contributed by atoms with Gasteiger partial charge < -0.3 is 20.1 Å². The summed E-state index contributed by atoms with van der Waals surface area (Å²) in [4.78, 5) is 0. The smallest absolute Gasteiger partial charge is 0.175 e. The molecule has 0 heterocycles. The van der Waals surface area contributed by atoms with Crippen molar-refractivity contribution in [2.75, 3.05) is 24.9 Å². The van der Waals surface area contributed by atoms with Gasteiger partial charge in [0.2, 0.25) is 0 Å². The van der Waals surface area contributed by atoms with Crippen molar-refractivity contribution in [2.24, 2.45) is 0 Å². The normalized spacial score (nSPS) is 10.0. The van der Waals surface area contributed by atoms with Gasteiger partial charge in [-0.1, -0.05) is 17.7 Å². The highest BCUT2D eigenvalue weighted by atomic mass is 35.5. The molecule has 4 nitrogen and oxygen atoms in total. The Balaban J connectivity index is 2.13. The van der Waals surface area contributed by atoms with Crippen LogP contribution in [0.5, 0.6) is 11.5 Å². The van der Waals surface area contributed by atoms with Crippen LogP contribution in [0.2, 0.25) is 5.02 Å². The summed E-state index contributed by atoms with van der Waals surface area (Å²) < 4.78 is 10.5. The second kappa shape index (κ2) is 7.33. The highest BCUT2D eigenvalue weighted by Crippen LogP contribution is 2.29. The number of nitrogens with one attached hydrogen (secondary N) is 2. The molecule has 0 saturated carbocycles. The summed E-state index contributed by atoms with van der Waals surface area (Å²) in [5.41, 5.74) is 2.66. The second-order valence-electron chi connectivity index (χ2n) is 4.60. The van der Waals surface area contributed by atoms with E-state index < -0.39 is 0 Å². The standard InChI is InChI=1S/C16H17ClN2O2S/c1-10-4-5-11(17)8-14(10)19-16(22)18-13-7-6-12(20-2)9-15(13)21-3/h4-9H,1-3H3,(H2,18,19,22). The van der Waals surface area contributed by atoms with E-state index in [9.17, 15) is 0 Å². The molecule has 0 aliphatic heterocycles. The van der Waals surface area contributed by atoms with Gasteiger partial charge in [-0.2, -0.15) is 0 Å². The van der Waals surface area contributed by atoms with Gasteiger partial charge in [0.05, 0.1) is 19.9 Å². The quantitative estimate of drug-likeness (QED) is 0.806. The molecule has 0 aliphatic carbocycles. The Morgan fingerprint density at radius 2 is 1.73 bits per heavy atom. The lowest BCUT2D eigenvalue weighted by molar-refractivity contribution is 0.395. The lowest BCUT2D eigenvalue weighted by atomic mass is 10.2. The van der Waals surface area contributed by atoms with Crippen molar-refractivity contribution in [1.29, 1.82) is 0 Å². The summed E-state index contributed by atoms with van der Waals surface area (Å²) in [5.74, 6) is 1.36. The van der Waals surface area contributed by atoms with Crippen molar-refractivity contribution in [3.8, 4) is 11.5 Å². The van der Waals surface area contributed by atoms with Crippen molar-refractivity contribution in [3.05, 3.63) is 47.0 Å². The van der Waals surface area contributed by atoms with E-state index in [-0.39, 0.29) is 0 Å². The van der Waals surface area contributed by atoms with Gasteiger partial charge in [0.25, 0.3) is 0 Å². The average molecular weight is 337 g/mol. The van der Waals surface area contributed by atoms with Crippen LogP contribution in [0.3, 0.4) is 0 Å². The molecule has 2 aromatic carbocycles. The monoisotopic (exact) mass is 336 g/mol. The number of thiocarbonyl (C=S) groups is 1. The van der Waals surface area contributed by atoms with E-state index in [1.807, 2.05) is 37.3 Å². The molecule has 2 rings (SSSR count). The Bertz CT molecular complexity index is 692. The third-order valence-electron chi connectivity index (χ3n) is 3.10. The fourth-order valence-electron chi connectivity index (χ4n) is 1.91. The molecule has 0 unspecified atom stereocenters. The summed E-state index contributed by atoms with van der Waals surface area (Å²) in [6.07, 6.45) is 0. The van der Waals surface area contributed by atoms with Gasteiger partial charge in [-0.25, -0.2) is 0 Å². The lowest BCUT2D eigenvalue weighted by Crippen LogP contribution is -2.20. The Kier molecular flexibility index (Phi) is 5.46. The molecule has 22 heavy (non-hydrogen) atoms. The number of methoxy groups -OCH3 is 2. The van der Waals surface area contributed by atoms with Crippen LogP contribution in [0.4, 0.5) is 11.4 Å². The highest BCUT2D eigenvalue weighted by Gasteiger charge is 2.08. The predicted octanol–water partition coefficient (Wildman–Crippen LogP) is 4.47. The molecular formula is C16H17ClN2O2S. The number of halogens is 1. The van der Waals surface area contributed by atoms with Crippen LogP contribution in [0.1, 0.15) is 5.56 Å². The molecule has 0 amide bonds. The van der Waals surface area contributed by atoms with Crippen LogP contribution >= 0.6 is 23.8 Å². The van der Waals surface area contributed by atoms with E-state index in [1.54, 1.807) is 20.3 Å². The number of anilines is 2. The van der Waals surface area contributed by atoms with Gasteiger partial charge >= 0.3 is 0 Å². The maximum atomic E-state index is 6.00. The molecule has 0 spiro atoms. The van der Waals surface area contributed by atoms with E-state index >= 15 is 0 Å². The van der Waals surface area contributed by atoms with Crippen molar-refractivity contribution in [3.63, 3.8) is 0 Å². The molecule has 116 valence electrons. The summed E-state index contributed by atoms with van der Waals surface area (Å²) in [6.45, 7) is 1.98. The Morgan fingerprint density at radius 1 is 1.00 bits per heavy atom. The Morgan fingerprint density at radius 3 is 2.41 bits per heavy atom. The zero-order valence-corrected chi connectivity index (χ0v) is 14.1. The predicted molar refractivity (Wildman–Crippen MR) is 95.6 cm³/mol. The first-order valence-electron chi connectivity index (χ1n) is 6.59. The van der Waals surface area contributed by atoms with E-state index in [2.05, 4.69) is 10.6 Å². The van der Waals surface area contributed by atoms with E-state index in [0.29, 0.717) is 21.6 Å². The lowest BCUT2D eigenvalue weighted by Gasteiger charge is -2.15. The number of ether oxygens (including phenoxy) is 2. The zero-order valence-electron chi connectivity index (χ0n) is 12.6. The summed E-state index contributed by atoms with van der Waals surface area (Å²) in [6, 6.07) is 11.1. The molecular weight excluding hydrogens is 320 g/mol. The number of hydrogen-bond donors (Lipinski definition) is 2. The van der Waals surface area contributed by atoms with Crippen molar-refractivity contribution in [1.82, 2.24) is 0 Å². The SMILES string of the molecule is COc1ccc(NC(=S)Nc2cc(Cl)ccc2C)c(OC)c1. The molecule has 2 aromatic rings. The summed E-state index contributed by atoms with van der Waals surface area (Å²) in [5, 5.41) is 7.34. The van der Waals surface area contributed by atoms with Crippen LogP contribution in [0.25, 0.3) is 0 Å². The first-order valence-corrected chi connectivity index (χ1v) is 7.38. The molecule has 0 saturated heterocycles. The molecule has 2 N–H and O–H groups in total. The third-order valence-corrected chi connectivity index (χ3v) is 3.54. The zero-order chi connectivity index (χ0) is 16.1. The molecule has 0 atom stereocenters. The minimum absolute atomic E-state index is 0.453. The topological polar surface area (TPSA) is 42.5 Å². The molecule has 6 heteroatoms. The van der Waals surface area contributed by atoms with Gasteiger partial charge in [-0.15, -0.1) is 0 Å². The number of benzene rings is 2. The van der Waals surface area contributed by atoms with E-state index in [1.165, 1.54) is 0 Å². The van der Waals surface area contributed by atoms with Crippen LogP contribution in [0, 0.1) is 6.92 Å². The van der Waals surface area contributed by atoms with Gasteiger partial charge in [0, 0.05) is 16.8 Å². The minimum Gasteiger partial charge on any atom is -0.497 e. The average Bonchev–Trinajstić information content (AvgIpc) is 2.51. The van der Waals surface area contributed by atoms with Gasteiger partial charge in [-0.3, -0.25) is 0 Å². The summed E-state index contributed by atoms with van der Waals surface area (Å²) in [7, 11) is 3.20. The minimum atomic E-state index is 0.453. The van der Waals surface area contributed by atoms with Gasteiger partial charge in [0.1, 0.15) is 11.5 Å². The molecule has 0 fully saturated rings. The first kappa shape index (κ1) is 16.4. The number of hydrogen-bond acceptors (Lipinski definition) is 3. The van der Waals surface area contributed by atoms with Gasteiger partial charge in [0.15, 0.2) is 5.11 Å².